The number of hydrogen-bond donors (Lipinski definition) is 0. The molecule has 0 aliphatic carbocycles. The summed E-state index contributed by atoms with van der Waals surface area (Å²) >= 11 is 0. The first-order chi connectivity index (χ1) is 15.0. The van der Waals surface area contributed by atoms with Crippen LogP contribution in [0, 0.1) is 10.1 Å². The third-order valence-electron chi connectivity index (χ3n) is 5.85. The number of fused-ring (bicyclic) bond motifs is 2. The first kappa shape index (κ1) is 23.8. The number of hydrogen-bond acceptors (Lipinski definition) is 8. The summed E-state index contributed by atoms with van der Waals surface area (Å²) < 4.78 is 15.4. The Hall–Kier alpha value is -2.88. The van der Waals surface area contributed by atoms with Gasteiger partial charge in [-0.1, -0.05) is 6.07 Å². The number of nitro benzene ring substituents is 1. The molecule has 10 heteroatoms. The Bertz CT molecular complexity index is 883. The molecule has 176 valence electrons. The molecule has 1 amide bonds. The number of ether oxygens (including phenoxy) is 3. The van der Waals surface area contributed by atoms with Crippen molar-refractivity contribution in [3.63, 3.8) is 0 Å². The second-order valence-electron chi connectivity index (χ2n) is 9.27. The van der Waals surface area contributed by atoms with Crippen molar-refractivity contribution < 1.29 is 28.7 Å². The number of piperazine rings is 1. The molecule has 2 fully saturated rings. The van der Waals surface area contributed by atoms with Crippen LogP contribution in [-0.2, 0) is 19.0 Å². The zero-order chi connectivity index (χ0) is 23.6. The van der Waals surface area contributed by atoms with E-state index in [1.54, 1.807) is 17.0 Å². The lowest BCUT2D eigenvalue weighted by atomic mass is 9.95. The molecule has 0 spiro atoms. The van der Waals surface area contributed by atoms with Crippen molar-refractivity contribution in [1.82, 2.24) is 4.90 Å². The smallest absolute Gasteiger partial charge is 0.410 e. The molecule has 0 saturated carbocycles. The molecule has 32 heavy (non-hydrogen) atoms. The largest absolute Gasteiger partial charge is 0.469 e. The van der Waals surface area contributed by atoms with E-state index in [4.69, 9.17) is 14.2 Å². The molecule has 0 radical (unpaired) electrons. The van der Waals surface area contributed by atoms with Gasteiger partial charge in [0, 0.05) is 38.2 Å². The van der Waals surface area contributed by atoms with Crippen LogP contribution in [0.5, 0.6) is 0 Å². The average molecular weight is 450 g/mol. The minimum Gasteiger partial charge on any atom is -0.469 e. The van der Waals surface area contributed by atoms with Gasteiger partial charge in [0.05, 0.1) is 31.1 Å². The fourth-order valence-electron chi connectivity index (χ4n) is 4.45. The first-order valence-corrected chi connectivity index (χ1v) is 10.6. The molecule has 1 aromatic rings. The highest BCUT2D eigenvalue weighted by Crippen LogP contribution is 2.40. The standard InChI is InChI=1S/C22H31N3O7/c1-22(2,3)32-21(27)24-12-16-10-17(24)11-23(16)18-7-6-14(8-19(18)25(28)29)15(13-30-4)9-20(26)31-5/h6-8,15-17H,9-13H2,1-5H3/t15?,16-,17-/m0/s1. The SMILES string of the molecule is COCC(CC(=O)OC)c1ccc(N2C[C@@H]3C[C@H]2CN3C(=O)OC(C)(C)C)c([N+](=O)[O-])c1. The monoisotopic (exact) mass is 449 g/mol. The van der Waals surface area contributed by atoms with Gasteiger partial charge in [0.25, 0.3) is 5.69 Å². The highest BCUT2D eigenvalue weighted by molar-refractivity contribution is 5.73. The molecular weight excluding hydrogens is 418 g/mol. The van der Waals surface area contributed by atoms with Crippen LogP contribution in [0.3, 0.4) is 0 Å². The molecule has 2 aliphatic rings. The summed E-state index contributed by atoms with van der Waals surface area (Å²) in [7, 11) is 2.82. The maximum atomic E-state index is 12.5. The molecule has 3 atom stereocenters. The Morgan fingerprint density at radius 1 is 1.22 bits per heavy atom. The third kappa shape index (κ3) is 5.12. The molecule has 0 aromatic heterocycles. The van der Waals surface area contributed by atoms with Gasteiger partial charge >= 0.3 is 12.1 Å². The van der Waals surface area contributed by atoms with Gasteiger partial charge < -0.3 is 24.0 Å². The number of amides is 1. The van der Waals surface area contributed by atoms with E-state index in [0.717, 1.165) is 6.42 Å². The maximum Gasteiger partial charge on any atom is 0.410 e. The van der Waals surface area contributed by atoms with Crippen molar-refractivity contribution in [3.8, 4) is 0 Å². The van der Waals surface area contributed by atoms with Crippen molar-refractivity contribution in [3.05, 3.63) is 33.9 Å². The summed E-state index contributed by atoms with van der Waals surface area (Å²) in [6, 6.07) is 4.98. The molecule has 10 nitrogen and oxygen atoms in total. The predicted molar refractivity (Wildman–Crippen MR) is 117 cm³/mol. The van der Waals surface area contributed by atoms with E-state index in [9.17, 15) is 19.7 Å². The third-order valence-corrected chi connectivity index (χ3v) is 5.85. The predicted octanol–water partition coefficient (Wildman–Crippen LogP) is 3.09. The van der Waals surface area contributed by atoms with Gasteiger partial charge in [-0.25, -0.2) is 4.79 Å². The Kier molecular flexibility index (Phi) is 6.92. The molecular formula is C22H31N3O7. The number of methoxy groups -OCH3 is 2. The van der Waals surface area contributed by atoms with E-state index < -0.39 is 16.5 Å². The number of carbonyl (C=O) groups is 2. The van der Waals surface area contributed by atoms with Gasteiger partial charge in [-0.15, -0.1) is 0 Å². The molecule has 1 aromatic carbocycles. The van der Waals surface area contributed by atoms with E-state index in [0.29, 0.717) is 24.3 Å². The number of rotatable bonds is 7. The zero-order valence-corrected chi connectivity index (χ0v) is 19.2. The number of nitro groups is 1. The van der Waals surface area contributed by atoms with Crippen LogP contribution in [0.4, 0.5) is 16.2 Å². The fraction of sp³-hybridized carbons (Fsp3) is 0.636. The fourth-order valence-corrected chi connectivity index (χ4v) is 4.45. The van der Waals surface area contributed by atoms with Crippen LogP contribution in [0.1, 0.15) is 45.1 Å². The van der Waals surface area contributed by atoms with Crippen molar-refractivity contribution in [2.75, 3.05) is 38.8 Å². The topological polar surface area (TPSA) is 111 Å². The van der Waals surface area contributed by atoms with Gasteiger partial charge in [0.2, 0.25) is 0 Å². The minimum absolute atomic E-state index is 0.0121. The Morgan fingerprint density at radius 3 is 2.47 bits per heavy atom. The van der Waals surface area contributed by atoms with Crippen LogP contribution in [0.25, 0.3) is 0 Å². The van der Waals surface area contributed by atoms with E-state index in [-0.39, 0.29) is 42.8 Å². The van der Waals surface area contributed by atoms with E-state index in [1.165, 1.54) is 20.3 Å². The number of esters is 1. The van der Waals surface area contributed by atoms with E-state index in [1.807, 2.05) is 25.7 Å². The van der Waals surface area contributed by atoms with Crippen LogP contribution < -0.4 is 4.90 Å². The summed E-state index contributed by atoms with van der Waals surface area (Å²) in [5.74, 6) is -0.754. The van der Waals surface area contributed by atoms with Gasteiger partial charge in [0.15, 0.2) is 0 Å². The van der Waals surface area contributed by atoms with Crippen molar-refractivity contribution >= 4 is 23.4 Å². The number of anilines is 1. The van der Waals surface area contributed by atoms with Gasteiger partial charge in [-0.2, -0.15) is 0 Å². The Morgan fingerprint density at radius 2 is 1.94 bits per heavy atom. The number of carbonyl (C=O) groups excluding carboxylic acids is 2. The van der Waals surface area contributed by atoms with Gasteiger partial charge in [0.1, 0.15) is 11.3 Å². The van der Waals surface area contributed by atoms with Crippen molar-refractivity contribution in [2.45, 2.75) is 57.2 Å². The lowest BCUT2D eigenvalue weighted by Crippen LogP contribution is -2.50. The van der Waals surface area contributed by atoms with Crippen LogP contribution in [0.2, 0.25) is 0 Å². The molecule has 0 N–H and O–H groups in total. The van der Waals surface area contributed by atoms with Crippen LogP contribution in [-0.4, -0.2) is 73.5 Å². The quantitative estimate of drug-likeness (QED) is 0.355. The summed E-state index contributed by atoms with van der Waals surface area (Å²) in [4.78, 5) is 39.5. The molecule has 1 unspecified atom stereocenters. The first-order valence-electron chi connectivity index (χ1n) is 10.6. The highest BCUT2D eigenvalue weighted by Gasteiger charge is 2.47. The molecule has 2 heterocycles. The minimum atomic E-state index is -0.573. The zero-order valence-electron chi connectivity index (χ0n) is 19.2. The van der Waals surface area contributed by atoms with Crippen molar-refractivity contribution in [1.29, 1.82) is 0 Å². The van der Waals surface area contributed by atoms with E-state index in [2.05, 4.69) is 0 Å². The number of likely N-dealkylation sites (tertiary alicyclic amines) is 1. The molecule has 2 aliphatic heterocycles. The molecule has 3 rings (SSSR count). The summed E-state index contributed by atoms with van der Waals surface area (Å²) in [5, 5.41) is 11.9. The van der Waals surface area contributed by atoms with Gasteiger partial charge in [-0.05, 0) is 38.8 Å². The number of nitrogens with zero attached hydrogens (tertiary/aromatic N) is 3. The molecule has 2 saturated heterocycles. The second-order valence-corrected chi connectivity index (χ2v) is 9.27. The average Bonchev–Trinajstić information content (AvgIpc) is 3.32. The van der Waals surface area contributed by atoms with Crippen molar-refractivity contribution in [2.24, 2.45) is 0 Å². The van der Waals surface area contributed by atoms with E-state index >= 15 is 0 Å². The lowest BCUT2D eigenvalue weighted by molar-refractivity contribution is -0.384. The van der Waals surface area contributed by atoms with Crippen LogP contribution in [0.15, 0.2) is 18.2 Å². The number of benzene rings is 1. The molecule has 2 bridgehead atoms. The maximum absolute atomic E-state index is 12.5. The Balaban J connectivity index is 1.80. The highest BCUT2D eigenvalue weighted by atomic mass is 16.6. The normalized spacial score (nSPS) is 20.9. The summed E-state index contributed by atoms with van der Waals surface area (Å²) in [6.07, 6.45) is 0.465. The summed E-state index contributed by atoms with van der Waals surface area (Å²) in [6.45, 7) is 6.69. The lowest BCUT2D eigenvalue weighted by Gasteiger charge is -2.36. The van der Waals surface area contributed by atoms with Crippen LogP contribution >= 0.6 is 0 Å². The second kappa shape index (κ2) is 9.32. The Labute approximate surface area is 187 Å². The van der Waals surface area contributed by atoms with Gasteiger partial charge in [-0.3, -0.25) is 14.9 Å². The summed E-state index contributed by atoms with van der Waals surface area (Å²) in [5.41, 5.74) is 0.567.